The lowest BCUT2D eigenvalue weighted by atomic mass is 10.0. The summed E-state index contributed by atoms with van der Waals surface area (Å²) in [7, 11) is 0. The maximum absolute atomic E-state index is 13.1. The van der Waals surface area contributed by atoms with Gasteiger partial charge in [0, 0.05) is 31.6 Å². The van der Waals surface area contributed by atoms with Gasteiger partial charge in [0.2, 0.25) is 5.78 Å². The molecule has 5 rings (SSSR count). The van der Waals surface area contributed by atoms with Gasteiger partial charge in [-0.3, -0.25) is 14.5 Å². The van der Waals surface area contributed by atoms with E-state index < -0.39 is 18.4 Å². The molecule has 0 saturated carbocycles. The zero-order valence-electron chi connectivity index (χ0n) is 22.9. The number of rotatable bonds is 11. The van der Waals surface area contributed by atoms with Crippen molar-refractivity contribution >= 4 is 29.2 Å². The molecular weight excluding hydrogens is 524 g/mol. The summed E-state index contributed by atoms with van der Waals surface area (Å²) < 4.78 is 18.4. The van der Waals surface area contributed by atoms with Crippen LogP contribution in [0.15, 0.2) is 60.7 Å². The van der Waals surface area contributed by atoms with Crippen molar-refractivity contribution < 1.29 is 28.6 Å². The smallest absolute Gasteiger partial charge is 0.344 e. The monoisotopic (exact) mass is 556 g/mol. The van der Waals surface area contributed by atoms with Gasteiger partial charge in [-0.15, -0.1) is 0 Å². The Labute approximate surface area is 237 Å². The number of nitrogens with two attached hydrogens (primary N) is 1. The second kappa shape index (κ2) is 12.8. The molecule has 0 atom stereocenters. The molecule has 3 heterocycles. The first-order valence-corrected chi connectivity index (χ1v) is 13.5. The van der Waals surface area contributed by atoms with Gasteiger partial charge in [-0.25, -0.2) is 9.31 Å². The van der Waals surface area contributed by atoms with Crippen molar-refractivity contribution in [2.24, 2.45) is 0 Å². The number of carbonyl (C=O) groups is 3. The predicted octanol–water partition coefficient (Wildman–Crippen LogP) is 3.12. The molecule has 0 bridgehead atoms. The Morgan fingerprint density at radius 2 is 1.73 bits per heavy atom. The van der Waals surface area contributed by atoms with Crippen LogP contribution in [0.2, 0.25) is 0 Å². The highest BCUT2D eigenvalue weighted by molar-refractivity contribution is 6.36. The summed E-state index contributed by atoms with van der Waals surface area (Å²) in [6.45, 7) is 5.02. The second-order valence-electron chi connectivity index (χ2n) is 9.77. The van der Waals surface area contributed by atoms with Crippen LogP contribution in [0.5, 0.6) is 5.75 Å². The Kier molecular flexibility index (Phi) is 8.71. The molecule has 2 aromatic carbocycles. The summed E-state index contributed by atoms with van der Waals surface area (Å²) in [4.78, 5) is 39.8. The number of benzene rings is 2. The lowest BCUT2D eigenvalue weighted by molar-refractivity contribution is -0.146. The number of esters is 1. The maximum Gasteiger partial charge on any atom is 0.344 e. The molecule has 0 spiro atoms. The van der Waals surface area contributed by atoms with Crippen LogP contribution in [0.1, 0.15) is 27.2 Å². The number of nitrogen functional groups attached to an aromatic ring is 1. The molecule has 2 aromatic heterocycles. The average Bonchev–Trinajstić information content (AvgIpc) is 3.25. The third kappa shape index (κ3) is 6.13. The Morgan fingerprint density at radius 1 is 1.05 bits per heavy atom. The first-order chi connectivity index (χ1) is 20.0. The highest BCUT2D eigenvalue weighted by Crippen LogP contribution is 2.39. The van der Waals surface area contributed by atoms with E-state index in [0.717, 1.165) is 29.9 Å². The van der Waals surface area contributed by atoms with E-state index in [0.29, 0.717) is 42.9 Å². The van der Waals surface area contributed by atoms with Crippen molar-refractivity contribution in [1.29, 1.82) is 0 Å². The number of carbonyl (C=O) groups excluding carboxylic acids is 3. The molecule has 0 amide bonds. The minimum Gasteiger partial charge on any atom is -0.479 e. The number of morpholine rings is 1. The average molecular weight is 557 g/mol. The van der Waals surface area contributed by atoms with Gasteiger partial charge in [0.1, 0.15) is 17.8 Å². The van der Waals surface area contributed by atoms with E-state index in [4.69, 9.17) is 25.0 Å². The van der Waals surface area contributed by atoms with Crippen LogP contribution in [-0.4, -0.2) is 78.6 Å². The lowest BCUT2D eigenvalue weighted by Gasteiger charge is -2.26. The SMILES string of the molecule is Cc1c(N)c2c(OCC(=O)OCCN3CCOCC3)c(C(=O)C=O)c(-c3ccccc3)nn2c1Cc1ccccc1. The van der Waals surface area contributed by atoms with Gasteiger partial charge in [0.05, 0.1) is 30.2 Å². The number of ketones is 1. The van der Waals surface area contributed by atoms with Crippen molar-refractivity contribution in [3.8, 4) is 17.0 Å². The van der Waals surface area contributed by atoms with Gasteiger partial charge in [0.25, 0.3) is 0 Å². The third-order valence-electron chi connectivity index (χ3n) is 7.16. The lowest BCUT2D eigenvalue weighted by Crippen LogP contribution is -2.38. The van der Waals surface area contributed by atoms with Gasteiger partial charge in [0.15, 0.2) is 18.6 Å². The fraction of sp³-hybridized carbons (Fsp3) is 0.290. The summed E-state index contributed by atoms with van der Waals surface area (Å²) in [5.41, 5.74) is 10.6. The number of hydrogen-bond acceptors (Lipinski definition) is 9. The summed E-state index contributed by atoms with van der Waals surface area (Å²) in [6, 6.07) is 18.9. The predicted molar refractivity (Wildman–Crippen MR) is 153 cm³/mol. The highest BCUT2D eigenvalue weighted by atomic mass is 16.6. The quantitative estimate of drug-likeness (QED) is 0.128. The van der Waals surface area contributed by atoms with Crippen LogP contribution in [0.25, 0.3) is 16.8 Å². The zero-order valence-corrected chi connectivity index (χ0v) is 22.9. The molecule has 10 nitrogen and oxygen atoms in total. The van der Waals surface area contributed by atoms with Crippen molar-refractivity contribution in [3.63, 3.8) is 0 Å². The van der Waals surface area contributed by atoms with Crippen LogP contribution in [0.3, 0.4) is 0 Å². The van der Waals surface area contributed by atoms with Gasteiger partial charge in [-0.05, 0) is 18.1 Å². The molecule has 1 saturated heterocycles. The normalized spacial score (nSPS) is 13.7. The van der Waals surface area contributed by atoms with Crippen molar-refractivity contribution in [2.75, 3.05) is 51.8 Å². The number of ether oxygens (including phenoxy) is 3. The van der Waals surface area contributed by atoms with Crippen molar-refractivity contribution in [2.45, 2.75) is 13.3 Å². The molecule has 1 aliphatic rings. The van der Waals surface area contributed by atoms with Crippen LogP contribution < -0.4 is 10.5 Å². The van der Waals surface area contributed by atoms with Crippen LogP contribution >= 0.6 is 0 Å². The molecule has 2 N–H and O–H groups in total. The highest BCUT2D eigenvalue weighted by Gasteiger charge is 2.29. The summed E-state index contributed by atoms with van der Waals surface area (Å²) >= 11 is 0. The van der Waals surface area contributed by atoms with Gasteiger partial charge in [-0.2, -0.15) is 5.10 Å². The molecule has 212 valence electrons. The molecular formula is C31H32N4O6. The van der Waals surface area contributed by atoms with Gasteiger partial charge >= 0.3 is 5.97 Å². The number of nitrogens with zero attached hydrogens (tertiary/aromatic N) is 3. The Hall–Kier alpha value is -4.54. The van der Waals surface area contributed by atoms with E-state index in [1.54, 1.807) is 16.6 Å². The van der Waals surface area contributed by atoms with E-state index in [2.05, 4.69) is 4.90 Å². The first-order valence-electron chi connectivity index (χ1n) is 13.5. The number of hydrogen-bond donors (Lipinski definition) is 1. The van der Waals surface area contributed by atoms with Crippen LogP contribution in [-0.2, 0) is 25.5 Å². The van der Waals surface area contributed by atoms with Crippen LogP contribution in [0.4, 0.5) is 5.69 Å². The second-order valence-corrected chi connectivity index (χ2v) is 9.77. The topological polar surface area (TPSA) is 125 Å². The minimum atomic E-state index is -0.836. The summed E-state index contributed by atoms with van der Waals surface area (Å²) in [5, 5.41) is 4.83. The van der Waals surface area contributed by atoms with Crippen molar-refractivity contribution in [1.82, 2.24) is 14.5 Å². The Morgan fingerprint density at radius 3 is 2.41 bits per heavy atom. The molecule has 1 aliphatic heterocycles. The summed E-state index contributed by atoms with van der Waals surface area (Å²) in [6.07, 6.45) is 0.723. The van der Waals surface area contributed by atoms with Crippen LogP contribution in [0, 0.1) is 6.92 Å². The number of fused-ring (bicyclic) bond motifs is 1. The van der Waals surface area contributed by atoms with Gasteiger partial charge in [-0.1, -0.05) is 60.7 Å². The molecule has 0 radical (unpaired) electrons. The van der Waals surface area contributed by atoms with E-state index in [9.17, 15) is 14.4 Å². The zero-order chi connectivity index (χ0) is 28.8. The Bertz CT molecular complexity index is 1550. The molecule has 41 heavy (non-hydrogen) atoms. The van der Waals surface area contributed by atoms with E-state index in [-0.39, 0.29) is 29.9 Å². The molecule has 1 fully saturated rings. The standard InChI is InChI=1S/C31H32N4O6/c1-21-24(18-22-8-4-2-5-9-22)35-30(28(21)32)31(41-20-26(38)40-17-14-34-12-15-39-16-13-34)27(25(37)19-36)29(33-35)23-10-6-3-7-11-23/h2-11,19H,12-18,20,32H2,1H3. The molecule has 0 unspecified atom stereocenters. The fourth-order valence-electron chi connectivity index (χ4n) is 4.95. The van der Waals surface area contributed by atoms with Crippen molar-refractivity contribution in [3.05, 3.63) is 83.0 Å². The molecule has 0 aliphatic carbocycles. The Balaban J connectivity index is 1.54. The number of aldehydes is 1. The maximum atomic E-state index is 13.1. The molecule has 10 heteroatoms. The largest absolute Gasteiger partial charge is 0.479 e. The first kappa shape index (κ1) is 28.0. The van der Waals surface area contributed by atoms with E-state index in [1.807, 2.05) is 55.5 Å². The fourth-order valence-corrected chi connectivity index (χ4v) is 4.95. The van der Waals surface area contributed by atoms with E-state index >= 15 is 0 Å². The number of anilines is 1. The third-order valence-corrected chi connectivity index (χ3v) is 7.16. The summed E-state index contributed by atoms with van der Waals surface area (Å²) in [5.74, 6) is -1.43. The number of Topliss-reactive ketones (excluding diaryl/α,β-unsaturated/α-hetero) is 1. The minimum absolute atomic E-state index is 0.0148. The van der Waals surface area contributed by atoms with Gasteiger partial charge < -0.3 is 19.9 Å². The van der Waals surface area contributed by atoms with E-state index in [1.165, 1.54) is 0 Å². The molecule has 4 aromatic rings. The number of aromatic nitrogens is 2.